The maximum absolute atomic E-state index is 12.9. The van der Waals surface area contributed by atoms with Crippen molar-refractivity contribution >= 4 is 40.5 Å². The van der Waals surface area contributed by atoms with Crippen LogP contribution in [0.2, 0.25) is 0 Å². The largest absolute Gasteiger partial charge is 0.439 e. The number of nitrogens with one attached hydrogen (secondary N) is 2. The average molecular weight is 505 g/mol. The third-order valence-corrected chi connectivity index (χ3v) is 7.59. The summed E-state index contributed by atoms with van der Waals surface area (Å²) in [5, 5.41) is 7.34. The average Bonchev–Trinajstić information content (AvgIpc) is 3.62. The van der Waals surface area contributed by atoms with Gasteiger partial charge in [-0.15, -0.1) is 0 Å². The summed E-state index contributed by atoms with van der Waals surface area (Å²) < 4.78 is 7.83. The Hall–Kier alpha value is -3.73. The second kappa shape index (κ2) is 9.29. The molecule has 11 heteroatoms. The highest BCUT2D eigenvalue weighted by Crippen LogP contribution is 2.35. The highest BCUT2D eigenvalue weighted by atomic mass is 16.6. The molecule has 0 radical (unpaired) electrons. The second-order valence-electron chi connectivity index (χ2n) is 10.5. The summed E-state index contributed by atoms with van der Waals surface area (Å²) in [7, 11) is 3.53. The molecule has 1 atom stereocenters. The first-order chi connectivity index (χ1) is 17.9. The minimum Gasteiger partial charge on any atom is -0.439 e. The number of anilines is 3. The molecule has 3 aromatic heterocycles. The molecule has 5 heterocycles. The molecule has 194 valence electrons. The predicted octanol–water partition coefficient (Wildman–Crippen LogP) is 3.47. The van der Waals surface area contributed by atoms with Crippen LogP contribution in [0, 0.1) is 0 Å². The number of amides is 2. The highest BCUT2D eigenvalue weighted by Gasteiger charge is 2.46. The summed E-state index contributed by atoms with van der Waals surface area (Å²) in [6.07, 6.45) is 9.27. The SMILES string of the molecule is CN(C)C(=O)c1cc2cnc(Nc3ccc(N4C[C@]5(CCCNC5)OC4=O)cn3)nc2n1C1CCCC1. The van der Waals surface area contributed by atoms with Gasteiger partial charge >= 0.3 is 6.09 Å². The van der Waals surface area contributed by atoms with Crippen molar-refractivity contribution in [3.63, 3.8) is 0 Å². The van der Waals surface area contributed by atoms with E-state index in [4.69, 9.17) is 9.72 Å². The predicted molar refractivity (Wildman–Crippen MR) is 139 cm³/mol. The number of carbonyl (C=O) groups excluding carboxylic acids is 2. The Labute approximate surface area is 215 Å². The van der Waals surface area contributed by atoms with Crippen LogP contribution in [0.3, 0.4) is 0 Å². The van der Waals surface area contributed by atoms with Gasteiger partial charge in [-0.3, -0.25) is 9.69 Å². The Morgan fingerprint density at radius 1 is 1.19 bits per heavy atom. The van der Waals surface area contributed by atoms with E-state index < -0.39 is 5.60 Å². The molecule has 2 amide bonds. The number of ether oxygens (including phenoxy) is 1. The van der Waals surface area contributed by atoms with Gasteiger partial charge in [0.15, 0.2) is 0 Å². The zero-order valence-electron chi connectivity index (χ0n) is 21.2. The van der Waals surface area contributed by atoms with Crippen molar-refractivity contribution in [1.29, 1.82) is 0 Å². The lowest BCUT2D eigenvalue weighted by Gasteiger charge is -2.31. The van der Waals surface area contributed by atoms with Gasteiger partial charge in [0, 0.05) is 38.3 Å². The number of carbonyl (C=O) groups is 2. The summed E-state index contributed by atoms with van der Waals surface area (Å²) in [6, 6.07) is 5.78. The number of hydrogen-bond donors (Lipinski definition) is 2. The van der Waals surface area contributed by atoms with Gasteiger partial charge < -0.3 is 24.8 Å². The molecule has 2 N–H and O–H groups in total. The van der Waals surface area contributed by atoms with E-state index in [-0.39, 0.29) is 18.0 Å². The van der Waals surface area contributed by atoms with Crippen LogP contribution in [0.1, 0.15) is 55.1 Å². The van der Waals surface area contributed by atoms with Gasteiger partial charge in [-0.2, -0.15) is 4.98 Å². The van der Waals surface area contributed by atoms with Crippen molar-refractivity contribution in [2.45, 2.75) is 50.2 Å². The first kappa shape index (κ1) is 23.7. The zero-order chi connectivity index (χ0) is 25.6. The maximum Gasteiger partial charge on any atom is 0.415 e. The molecule has 1 aliphatic carbocycles. The number of aromatic nitrogens is 4. The van der Waals surface area contributed by atoms with Gasteiger partial charge in [-0.1, -0.05) is 12.8 Å². The van der Waals surface area contributed by atoms with E-state index in [2.05, 4.69) is 25.2 Å². The summed E-state index contributed by atoms with van der Waals surface area (Å²) in [5.41, 5.74) is 1.62. The fourth-order valence-electron chi connectivity index (χ4n) is 5.71. The molecule has 0 unspecified atom stereocenters. The van der Waals surface area contributed by atoms with E-state index in [0.717, 1.165) is 56.1 Å². The Morgan fingerprint density at radius 2 is 2.03 bits per heavy atom. The Balaban J connectivity index is 1.24. The van der Waals surface area contributed by atoms with Crippen LogP contribution in [0.15, 0.2) is 30.6 Å². The fourth-order valence-corrected chi connectivity index (χ4v) is 5.71. The quantitative estimate of drug-likeness (QED) is 0.543. The van der Waals surface area contributed by atoms with Crippen LogP contribution in [-0.2, 0) is 4.74 Å². The van der Waals surface area contributed by atoms with Crippen LogP contribution < -0.4 is 15.5 Å². The maximum atomic E-state index is 12.9. The minimum atomic E-state index is -0.462. The molecule has 3 aliphatic rings. The smallest absolute Gasteiger partial charge is 0.415 e. The Morgan fingerprint density at radius 3 is 2.73 bits per heavy atom. The number of rotatable bonds is 5. The van der Waals surface area contributed by atoms with Crippen LogP contribution in [0.25, 0.3) is 11.0 Å². The second-order valence-corrected chi connectivity index (χ2v) is 10.5. The summed E-state index contributed by atoms with van der Waals surface area (Å²) in [6.45, 7) is 2.14. The lowest BCUT2D eigenvalue weighted by molar-refractivity contribution is 0.0366. The van der Waals surface area contributed by atoms with Gasteiger partial charge in [0.2, 0.25) is 5.95 Å². The van der Waals surface area contributed by atoms with E-state index in [1.165, 1.54) is 0 Å². The molecule has 6 rings (SSSR count). The van der Waals surface area contributed by atoms with E-state index in [1.807, 2.05) is 12.1 Å². The molecule has 11 nitrogen and oxygen atoms in total. The number of pyridine rings is 1. The molecule has 3 aromatic rings. The third kappa shape index (κ3) is 4.37. The van der Waals surface area contributed by atoms with Gasteiger partial charge in [0.25, 0.3) is 5.91 Å². The van der Waals surface area contributed by atoms with E-state index in [1.54, 1.807) is 42.4 Å². The summed E-state index contributed by atoms with van der Waals surface area (Å²) in [4.78, 5) is 42.5. The van der Waals surface area contributed by atoms with Crippen molar-refractivity contribution < 1.29 is 14.3 Å². The van der Waals surface area contributed by atoms with Crippen molar-refractivity contribution in [1.82, 2.24) is 29.7 Å². The lowest BCUT2D eigenvalue weighted by atomic mass is 9.94. The summed E-state index contributed by atoms with van der Waals surface area (Å²) in [5.74, 6) is 0.929. The van der Waals surface area contributed by atoms with Gasteiger partial charge in [0.05, 0.1) is 18.4 Å². The number of nitrogens with zero attached hydrogens (tertiary/aromatic N) is 6. The standard InChI is InChI=1S/C26H32N8O3/c1-32(2)23(35)20-12-17-13-29-24(31-22(17)34(20)18-6-3-4-7-18)30-21-9-8-19(14-28-21)33-16-26(37-25(33)36)10-5-11-27-15-26/h8-9,12-14,18,27H,3-7,10-11,15-16H2,1-2H3,(H,28,29,30,31)/t26-/m1/s1. The molecule has 3 fully saturated rings. The van der Waals surface area contributed by atoms with E-state index in [0.29, 0.717) is 36.2 Å². The van der Waals surface area contributed by atoms with E-state index >= 15 is 0 Å². The molecular weight excluding hydrogens is 472 g/mol. The van der Waals surface area contributed by atoms with Crippen molar-refractivity contribution in [2.24, 2.45) is 0 Å². The highest BCUT2D eigenvalue weighted by molar-refractivity contribution is 5.98. The molecule has 1 spiro atoms. The monoisotopic (exact) mass is 504 g/mol. The third-order valence-electron chi connectivity index (χ3n) is 7.59. The minimum absolute atomic E-state index is 0.0390. The van der Waals surface area contributed by atoms with E-state index in [9.17, 15) is 9.59 Å². The van der Waals surface area contributed by atoms with Crippen molar-refractivity contribution in [3.8, 4) is 0 Å². The first-order valence-corrected chi connectivity index (χ1v) is 13.0. The van der Waals surface area contributed by atoms with Crippen molar-refractivity contribution in [3.05, 3.63) is 36.3 Å². The fraction of sp³-hybridized carbons (Fsp3) is 0.500. The van der Waals surface area contributed by atoms with Crippen LogP contribution in [0.5, 0.6) is 0 Å². The zero-order valence-corrected chi connectivity index (χ0v) is 21.2. The van der Waals surface area contributed by atoms with Gasteiger partial charge in [-0.25, -0.2) is 14.8 Å². The molecule has 1 saturated carbocycles. The van der Waals surface area contributed by atoms with Gasteiger partial charge in [0.1, 0.15) is 22.8 Å². The summed E-state index contributed by atoms with van der Waals surface area (Å²) >= 11 is 0. The number of piperidine rings is 1. The topological polar surface area (TPSA) is 118 Å². The molecule has 37 heavy (non-hydrogen) atoms. The van der Waals surface area contributed by atoms with Crippen LogP contribution in [-0.4, -0.2) is 75.8 Å². The van der Waals surface area contributed by atoms with Gasteiger partial charge in [-0.05, 0) is 50.4 Å². The Kier molecular flexibility index (Phi) is 5.94. The Bertz CT molecular complexity index is 1320. The van der Waals surface area contributed by atoms with Crippen LogP contribution >= 0.6 is 0 Å². The van der Waals surface area contributed by atoms with Crippen LogP contribution in [0.4, 0.5) is 22.2 Å². The van der Waals surface area contributed by atoms with Crippen molar-refractivity contribution in [2.75, 3.05) is 43.9 Å². The molecular formula is C26H32N8O3. The number of hydrogen-bond acceptors (Lipinski definition) is 8. The first-order valence-electron chi connectivity index (χ1n) is 13.0. The molecule has 0 bridgehead atoms. The molecule has 2 saturated heterocycles. The number of fused-ring (bicyclic) bond motifs is 1. The normalized spacial score (nSPS) is 22.1. The molecule has 2 aliphatic heterocycles. The lowest BCUT2D eigenvalue weighted by Crippen LogP contribution is -2.48. The molecule has 0 aromatic carbocycles.